The van der Waals surface area contributed by atoms with Gasteiger partial charge in [0, 0.05) is 12.3 Å². The molecule has 2 atom stereocenters. The first-order valence-electron chi connectivity index (χ1n) is 6.04. The molecule has 0 bridgehead atoms. The third-order valence-electron chi connectivity index (χ3n) is 3.07. The Morgan fingerprint density at radius 2 is 2.33 bits per heavy atom. The summed E-state index contributed by atoms with van der Waals surface area (Å²) in [5.41, 5.74) is 0. The Kier molecular flexibility index (Phi) is 4.11. The lowest BCUT2D eigenvalue weighted by Crippen LogP contribution is -2.50. The molecule has 2 aliphatic heterocycles. The Labute approximate surface area is 109 Å². The van der Waals surface area contributed by atoms with E-state index in [0.717, 1.165) is 18.2 Å². The average Bonchev–Trinajstić information content (AvgIpc) is 2.96. The molecule has 7 heteroatoms. The van der Waals surface area contributed by atoms with E-state index < -0.39 is 12.1 Å². The van der Waals surface area contributed by atoms with E-state index in [9.17, 15) is 14.4 Å². The van der Waals surface area contributed by atoms with E-state index in [1.54, 1.807) is 6.92 Å². The highest BCUT2D eigenvalue weighted by Crippen LogP contribution is 2.22. The number of nitrogens with zero attached hydrogens (tertiary/aromatic N) is 1. The molecular formula is C11H16N2O4S. The molecule has 0 aromatic rings. The first-order chi connectivity index (χ1) is 8.63. The molecule has 0 saturated carbocycles. The maximum absolute atomic E-state index is 12.2. The minimum Gasteiger partial charge on any atom is -0.464 e. The monoisotopic (exact) mass is 272 g/mol. The van der Waals surface area contributed by atoms with Gasteiger partial charge in [0.1, 0.15) is 12.1 Å². The fourth-order valence-electron chi connectivity index (χ4n) is 2.23. The van der Waals surface area contributed by atoms with Crippen molar-refractivity contribution in [1.82, 2.24) is 10.2 Å². The van der Waals surface area contributed by atoms with Crippen LogP contribution in [0.4, 0.5) is 4.79 Å². The number of ether oxygens (including phenoxy) is 1. The molecule has 2 heterocycles. The zero-order valence-corrected chi connectivity index (χ0v) is 11.0. The summed E-state index contributed by atoms with van der Waals surface area (Å²) in [5, 5.41) is 2.42. The SMILES string of the molecule is CCOC(=O)C1CCCN1C(=O)C1CSC(=O)N1. The number of nitrogens with one attached hydrogen (secondary N) is 1. The first-order valence-corrected chi connectivity index (χ1v) is 7.02. The van der Waals surface area contributed by atoms with Gasteiger partial charge in [0.05, 0.1) is 6.61 Å². The maximum Gasteiger partial charge on any atom is 0.328 e. The topological polar surface area (TPSA) is 75.7 Å². The Hall–Kier alpha value is -1.24. The molecule has 2 saturated heterocycles. The van der Waals surface area contributed by atoms with Gasteiger partial charge in [0.25, 0.3) is 5.24 Å². The van der Waals surface area contributed by atoms with Gasteiger partial charge in [-0.25, -0.2) is 4.79 Å². The van der Waals surface area contributed by atoms with E-state index in [1.807, 2.05) is 0 Å². The van der Waals surface area contributed by atoms with Crippen molar-refractivity contribution in [2.24, 2.45) is 0 Å². The van der Waals surface area contributed by atoms with Crippen LogP contribution in [0.1, 0.15) is 19.8 Å². The maximum atomic E-state index is 12.2. The van der Waals surface area contributed by atoms with Crippen LogP contribution in [-0.4, -0.2) is 53.0 Å². The lowest BCUT2D eigenvalue weighted by Gasteiger charge is -2.25. The van der Waals surface area contributed by atoms with Gasteiger partial charge < -0.3 is 15.0 Å². The van der Waals surface area contributed by atoms with Crippen LogP contribution in [0.25, 0.3) is 0 Å². The summed E-state index contributed by atoms with van der Waals surface area (Å²) in [7, 11) is 0. The van der Waals surface area contributed by atoms with E-state index in [-0.39, 0.29) is 17.1 Å². The van der Waals surface area contributed by atoms with Crippen LogP contribution in [0.5, 0.6) is 0 Å². The standard InChI is InChI=1S/C11H16N2O4S/c1-2-17-10(15)8-4-3-5-13(8)9(14)7-6-18-11(16)12-7/h7-8H,2-6H2,1H3,(H,12,16). The molecule has 0 aliphatic carbocycles. The van der Waals surface area contributed by atoms with Crippen molar-refractivity contribution in [2.75, 3.05) is 18.9 Å². The number of amides is 2. The highest BCUT2D eigenvalue weighted by atomic mass is 32.2. The molecule has 2 fully saturated rings. The quantitative estimate of drug-likeness (QED) is 0.751. The van der Waals surface area contributed by atoms with Crippen LogP contribution >= 0.6 is 11.8 Å². The number of hydrogen-bond acceptors (Lipinski definition) is 5. The number of carbonyl (C=O) groups is 3. The molecule has 2 aliphatic rings. The second-order valence-electron chi connectivity index (χ2n) is 4.24. The molecule has 18 heavy (non-hydrogen) atoms. The Morgan fingerprint density at radius 3 is 2.94 bits per heavy atom. The number of thioether (sulfide) groups is 1. The second kappa shape index (κ2) is 5.60. The number of carbonyl (C=O) groups excluding carboxylic acids is 3. The molecule has 100 valence electrons. The Balaban J connectivity index is 2.00. The van der Waals surface area contributed by atoms with Gasteiger partial charge in [-0.2, -0.15) is 0 Å². The Morgan fingerprint density at radius 1 is 1.56 bits per heavy atom. The number of hydrogen-bond donors (Lipinski definition) is 1. The molecule has 2 amide bonds. The third kappa shape index (κ3) is 2.60. The molecule has 0 radical (unpaired) electrons. The third-order valence-corrected chi connectivity index (χ3v) is 3.95. The van der Waals surface area contributed by atoms with E-state index in [1.165, 1.54) is 4.90 Å². The number of rotatable bonds is 3. The van der Waals surface area contributed by atoms with Crippen molar-refractivity contribution < 1.29 is 19.1 Å². The van der Waals surface area contributed by atoms with Crippen LogP contribution in [0.2, 0.25) is 0 Å². The van der Waals surface area contributed by atoms with Gasteiger partial charge >= 0.3 is 5.97 Å². The summed E-state index contributed by atoms with van der Waals surface area (Å²) in [6.45, 7) is 2.61. The predicted octanol–water partition coefficient (Wildman–Crippen LogP) is 0.365. The largest absolute Gasteiger partial charge is 0.464 e. The predicted molar refractivity (Wildman–Crippen MR) is 66.1 cm³/mol. The molecule has 0 aromatic heterocycles. The molecule has 2 rings (SSSR count). The van der Waals surface area contributed by atoms with Crippen LogP contribution in [0.3, 0.4) is 0 Å². The van der Waals surface area contributed by atoms with E-state index >= 15 is 0 Å². The zero-order valence-electron chi connectivity index (χ0n) is 10.2. The van der Waals surface area contributed by atoms with Crippen LogP contribution < -0.4 is 5.32 Å². The fourth-order valence-corrected chi connectivity index (χ4v) is 3.00. The summed E-state index contributed by atoms with van der Waals surface area (Å²) in [6.07, 6.45) is 1.43. The van der Waals surface area contributed by atoms with Gasteiger partial charge in [-0.15, -0.1) is 0 Å². The molecule has 0 spiro atoms. The number of esters is 1. The van der Waals surface area contributed by atoms with Gasteiger partial charge in [-0.1, -0.05) is 11.8 Å². The summed E-state index contributed by atoms with van der Waals surface area (Å²) < 4.78 is 4.96. The van der Waals surface area contributed by atoms with Crippen molar-refractivity contribution in [3.05, 3.63) is 0 Å². The van der Waals surface area contributed by atoms with Crippen LogP contribution in [-0.2, 0) is 14.3 Å². The van der Waals surface area contributed by atoms with E-state index in [0.29, 0.717) is 25.3 Å². The van der Waals surface area contributed by atoms with Crippen molar-refractivity contribution >= 4 is 28.9 Å². The van der Waals surface area contributed by atoms with Gasteiger partial charge in [0.2, 0.25) is 5.91 Å². The van der Waals surface area contributed by atoms with Gasteiger partial charge in [-0.3, -0.25) is 9.59 Å². The lowest BCUT2D eigenvalue weighted by molar-refractivity contribution is -0.153. The molecule has 6 nitrogen and oxygen atoms in total. The van der Waals surface area contributed by atoms with E-state index in [2.05, 4.69) is 5.32 Å². The smallest absolute Gasteiger partial charge is 0.328 e. The van der Waals surface area contributed by atoms with Gasteiger partial charge in [-0.05, 0) is 19.8 Å². The number of likely N-dealkylation sites (tertiary alicyclic amines) is 1. The average molecular weight is 272 g/mol. The van der Waals surface area contributed by atoms with Crippen LogP contribution in [0, 0.1) is 0 Å². The molecule has 2 unspecified atom stereocenters. The normalized spacial score (nSPS) is 27.2. The van der Waals surface area contributed by atoms with Crippen LogP contribution in [0.15, 0.2) is 0 Å². The van der Waals surface area contributed by atoms with Crippen molar-refractivity contribution in [2.45, 2.75) is 31.8 Å². The second-order valence-corrected chi connectivity index (χ2v) is 5.23. The van der Waals surface area contributed by atoms with Crippen molar-refractivity contribution in [3.63, 3.8) is 0 Å². The summed E-state index contributed by atoms with van der Waals surface area (Å²) in [5.74, 6) is -0.0896. The highest BCUT2D eigenvalue weighted by Gasteiger charge is 2.40. The summed E-state index contributed by atoms with van der Waals surface area (Å²) in [4.78, 5) is 36.5. The lowest BCUT2D eigenvalue weighted by atomic mass is 10.2. The summed E-state index contributed by atoms with van der Waals surface area (Å²) >= 11 is 1.10. The minimum absolute atomic E-state index is 0.177. The first kappa shape index (κ1) is 13.2. The van der Waals surface area contributed by atoms with Gasteiger partial charge in [0.15, 0.2) is 0 Å². The van der Waals surface area contributed by atoms with Crippen molar-refractivity contribution in [3.8, 4) is 0 Å². The van der Waals surface area contributed by atoms with Crippen molar-refractivity contribution in [1.29, 1.82) is 0 Å². The fraction of sp³-hybridized carbons (Fsp3) is 0.727. The molecular weight excluding hydrogens is 256 g/mol. The molecule has 1 N–H and O–H groups in total. The minimum atomic E-state index is -0.502. The van der Waals surface area contributed by atoms with E-state index in [4.69, 9.17) is 4.74 Å². The molecule has 0 aromatic carbocycles. The summed E-state index contributed by atoms with van der Waals surface area (Å²) in [6, 6.07) is -0.988. The Bertz CT molecular complexity index is 374. The zero-order chi connectivity index (χ0) is 13.1. The highest BCUT2D eigenvalue weighted by molar-refractivity contribution is 8.14.